The Hall–Kier alpha value is 0.503. The normalized spacial score (nSPS) is 12.0. The first-order valence-electron chi connectivity index (χ1n) is 6.79. The van der Waals surface area contributed by atoms with E-state index in [9.17, 15) is 0 Å². The third kappa shape index (κ3) is 6.62. The van der Waals surface area contributed by atoms with Crippen LogP contribution < -0.4 is 0 Å². The average molecular weight is 275 g/mol. The summed E-state index contributed by atoms with van der Waals surface area (Å²) in [6.45, 7) is 6.88. The predicted molar refractivity (Wildman–Crippen MR) is 71.9 cm³/mol. The molecule has 0 saturated heterocycles. The van der Waals surface area contributed by atoms with Crippen molar-refractivity contribution < 1.29 is 3.76 Å². The number of hydrogen-bond acceptors (Lipinski definition) is 1. The van der Waals surface area contributed by atoms with E-state index in [1.807, 2.05) is 7.11 Å². The summed E-state index contributed by atoms with van der Waals surface area (Å²) in [4.78, 5) is 0. The molecule has 0 bridgehead atoms. The maximum absolute atomic E-state index is 6.03. The monoisotopic (exact) mass is 276 g/mol. The van der Waals surface area contributed by atoms with Gasteiger partial charge in [0.2, 0.25) is 0 Å². The molecule has 0 N–H and O–H groups in total. The van der Waals surface area contributed by atoms with Crippen LogP contribution in [0.1, 0.15) is 59.3 Å². The van der Waals surface area contributed by atoms with Gasteiger partial charge in [-0.05, 0) is 0 Å². The maximum atomic E-state index is 6.03. The van der Waals surface area contributed by atoms with Gasteiger partial charge in [-0.1, -0.05) is 0 Å². The van der Waals surface area contributed by atoms with Gasteiger partial charge in [0.05, 0.1) is 0 Å². The van der Waals surface area contributed by atoms with Crippen molar-refractivity contribution >= 4 is 13.6 Å². The van der Waals surface area contributed by atoms with Crippen LogP contribution in [0.4, 0.5) is 0 Å². The van der Waals surface area contributed by atoms with Crippen molar-refractivity contribution in [3.8, 4) is 0 Å². The second-order valence-electron chi connectivity index (χ2n) is 4.70. The van der Waals surface area contributed by atoms with E-state index in [0.29, 0.717) is 0 Å². The molecule has 0 aromatic rings. The zero-order chi connectivity index (χ0) is 11.6. The van der Waals surface area contributed by atoms with Gasteiger partial charge >= 0.3 is 99.5 Å². The molecule has 92 valence electrons. The quantitative estimate of drug-likeness (QED) is 0.511. The second kappa shape index (κ2) is 9.71. The Labute approximate surface area is 99.7 Å². The van der Waals surface area contributed by atoms with E-state index in [2.05, 4.69) is 20.8 Å². The minimum absolute atomic E-state index is 1.33. The Kier molecular flexibility index (Phi) is 10.0. The van der Waals surface area contributed by atoms with E-state index < -0.39 is 13.6 Å². The molecule has 0 amide bonds. The topological polar surface area (TPSA) is 9.23 Å². The van der Waals surface area contributed by atoms with E-state index in [4.69, 9.17) is 3.76 Å². The van der Waals surface area contributed by atoms with Crippen LogP contribution in [0.5, 0.6) is 0 Å². The first-order valence-corrected chi connectivity index (χ1v) is 12.1. The van der Waals surface area contributed by atoms with Gasteiger partial charge in [-0.2, -0.15) is 0 Å². The summed E-state index contributed by atoms with van der Waals surface area (Å²) in [5.41, 5.74) is 0. The third-order valence-corrected chi connectivity index (χ3v) is 13.2. The standard InChI is InChI=1S/C13H30GeO/c1-5-8-11-14(15-4,12-9-6-2)13-10-7-3/h5-13H2,1-4H3. The van der Waals surface area contributed by atoms with Gasteiger partial charge in [-0.3, -0.25) is 0 Å². The van der Waals surface area contributed by atoms with Crippen molar-refractivity contribution in [2.75, 3.05) is 7.11 Å². The molecule has 0 rings (SSSR count). The van der Waals surface area contributed by atoms with Crippen molar-refractivity contribution in [2.45, 2.75) is 75.1 Å². The van der Waals surface area contributed by atoms with Crippen LogP contribution in [-0.2, 0) is 3.76 Å². The Balaban J connectivity index is 4.16. The van der Waals surface area contributed by atoms with Crippen LogP contribution in [-0.4, -0.2) is 20.7 Å². The molecular formula is C13H30GeO. The molecule has 2 heteroatoms. The van der Waals surface area contributed by atoms with Crippen molar-refractivity contribution in [3.63, 3.8) is 0 Å². The van der Waals surface area contributed by atoms with Crippen LogP contribution in [0.3, 0.4) is 0 Å². The Morgan fingerprint density at radius 2 is 1.07 bits per heavy atom. The van der Waals surface area contributed by atoms with E-state index in [-0.39, 0.29) is 0 Å². The third-order valence-electron chi connectivity index (χ3n) is 3.39. The second-order valence-corrected chi connectivity index (χ2v) is 13.7. The zero-order valence-electron chi connectivity index (χ0n) is 11.3. The molecule has 0 aromatic carbocycles. The molecule has 0 heterocycles. The molecule has 0 saturated carbocycles. The Morgan fingerprint density at radius 3 is 1.27 bits per heavy atom. The summed E-state index contributed by atoms with van der Waals surface area (Å²) < 4.78 is 6.03. The average Bonchev–Trinajstić information content (AvgIpc) is 2.29. The summed E-state index contributed by atoms with van der Waals surface area (Å²) in [5.74, 6) is 0. The van der Waals surface area contributed by atoms with Crippen LogP contribution in [0.25, 0.3) is 0 Å². The molecule has 15 heavy (non-hydrogen) atoms. The van der Waals surface area contributed by atoms with Gasteiger partial charge < -0.3 is 0 Å². The van der Waals surface area contributed by atoms with E-state index in [0.717, 1.165) is 0 Å². The van der Waals surface area contributed by atoms with Gasteiger partial charge in [0.25, 0.3) is 0 Å². The van der Waals surface area contributed by atoms with Gasteiger partial charge in [0, 0.05) is 0 Å². The number of hydrogen-bond donors (Lipinski definition) is 0. The first-order chi connectivity index (χ1) is 7.24. The van der Waals surface area contributed by atoms with Crippen LogP contribution in [0, 0.1) is 0 Å². The molecule has 0 radical (unpaired) electrons. The van der Waals surface area contributed by atoms with E-state index in [1.54, 1.807) is 0 Å². The summed E-state index contributed by atoms with van der Waals surface area (Å²) in [6.07, 6.45) is 8.15. The van der Waals surface area contributed by atoms with Gasteiger partial charge in [0.15, 0.2) is 0 Å². The predicted octanol–water partition coefficient (Wildman–Crippen LogP) is 4.98. The van der Waals surface area contributed by atoms with E-state index in [1.165, 1.54) is 54.3 Å². The van der Waals surface area contributed by atoms with Crippen LogP contribution in [0.2, 0.25) is 15.8 Å². The van der Waals surface area contributed by atoms with Gasteiger partial charge in [-0.15, -0.1) is 0 Å². The number of unbranched alkanes of at least 4 members (excludes halogenated alkanes) is 3. The Morgan fingerprint density at radius 1 is 0.733 bits per heavy atom. The van der Waals surface area contributed by atoms with E-state index >= 15 is 0 Å². The SMILES string of the molecule is CCC[CH2][Ge]([CH2]CCC)([CH2]CCC)[O]C. The molecule has 0 unspecified atom stereocenters. The van der Waals surface area contributed by atoms with Crippen molar-refractivity contribution in [2.24, 2.45) is 0 Å². The van der Waals surface area contributed by atoms with Gasteiger partial charge in [-0.25, -0.2) is 0 Å². The molecule has 1 nitrogen and oxygen atoms in total. The number of rotatable bonds is 10. The van der Waals surface area contributed by atoms with Crippen molar-refractivity contribution in [1.29, 1.82) is 0 Å². The fourth-order valence-corrected chi connectivity index (χ4v) is 11.3. The molecule has 0 fully saturated rings. The fourth-order valence-electron chi connectivity index (χ4n) is 2.18. The van der Waals surface area contributed by atoms with Crippen LogP contribution >= 0.6 is 0 Å². The summed E-state index contributed by atoms with van der Waals surface area (Å²) in [7, 11) is 1.99. The fraction of sp³-hybridized carbons (Fsp3) is 1.00. The first kappa shape index (κ1) is 15.5. The molecular weight excluding hydrogens is 245 g/mol. The minimum atomic E-state index is -1.87. The zero-order valence-corrected chi connectivity index (χ0v) is 13.4. The molecule has 0 aliphatic heterocycles. The molecule has 0 aliphatic carbocycles. The molecule has 0 aromatic heterocycles. The summed E-state index contributed by atoms with van der Waals surface area (Å²) >= 11 is -1.87. The summed E-state index contributed by atoms with van der Waals surface area (Å²) in [6, 6.07) is 0. The summed E-state index contributed by atoms with van der Waals surface area (Å²) in [5, 5.41) is 4.31. The van der Waals surface area contributed by atoms with Gasteiger partial charge in [0.1, 0.15) is 0 Å². The van der Waals surface area contributed by atoms with Crippen LogP contribution in [0.15, 0.2) is 0 Å². The Bertz CT molecular complexity index is 115. The molecule has 0 spiro atoms. The molecule has 0 aliphatic rings. The molecule has 0 atom stereocenters. The van der Waals surface area contributed by atoms with Crippen molar-refractivity contribution in [3.05, 3.63) is 0 Å². The van der Waals surface area contributed by atoms with Crippen molar-refractivity contribution in [1.82, 2.24) is 0 Å².